The Morgan fingerprint density at radius 1 is 1.40 bits per heavy atom. The molecule has 0 saturated carbocycles. The van der Waals surface area contributed by atoms with Crippen molar-refractivity contribution in [3.05, 3.63) is 35.6 Å². The second-order valence-corrected chi connectivity index (χ2v) is 4.02. The van der Waals surface area contributed by atoms with Crippen molar-refractivity contribution in [1.29, 1.82) is 0 Å². The van der Waals surface area contributed by atoms with E-state index in [1.807, 2.05) is 25.2 Å². The number of rotatable bonds is 2. The monoisotopic (exact) mass is 209 g/mol. The second kappa shape index (κ2) is 5.26. The largest absolute Gasteiger partial charge is 1.00 e. The first-order chi connectivity index (χ1) is 6.74. The van der Waals surface area contributed by atoms with Gasteiger partial charge < -0.3 is 11.2 Å². The van der Waals surface area contributed by atoms with Crippen LogP contribution in [0.1, 0.15) is 17.7 Å². The number of para-hydroxylation sites is 1. The predicted octanol–water partition coefficient (Wildman–Crippen LogP) is -0.756. The van der Waals surface area contributed by atoms with Crippen LogP contribution in [0.3, 0.4) is 0 Å². The Labute approximate surface area is 111 Å². The molecule has 1 atom stereocenters. The van der Waals surface area contributed by atoms with E-state index in [4.69, 9.17) is 4.42 Å². The normalized spacial score (nSPS) is 12.4. The van der Waals surface area contributed by atoms with Crippen molar-refractivity contribution in [3.63, 3.8) is 0 Å². The number of furan rings is 1. The summed E-state index contributed by atoms with van der Waals surface area (Å²) in [5.41, 5.74) is 2.18. The predicted molar refractivity (Wildman–Crippen MR) is 59.6 cm³/mol. The minimum absolute atomic E-state index is 0. The van der Waals surface area contributed by atoms with Gasteiger partial charge in [-0.1, -0.05) is 18.2 Å². The van der Waals surface area contributed by atoms with Crippen LogP contribution in [0.2, 0.25) is 0 Å². The Morgan fingerprint density at radius 2 is 2.07 bits per heavy atom. The minimum atomic E-state index is 0. The van der Waals surface area contributed by atoms with E-state index in [-0.39, 0.29) is 25.2 Å². The number of hydrogen-bond donors (Lipinski definition) is 1. The number of aryl methyl sites for hydroxylation is 1. The molecule has 0 aliphatic carbocycles. The zero-order valence-electron chi connectivity index (χ0n) is 10.4. The summed E-state index contributed by atoms with van der Waals surface area (Å²) in [5.74, 6) is 0.999. The summed E-state index contributed by atoms with van der Waals surface area (Å²) in [6, 6.07) is 8.11. The van der Waals surface area contributed by atoms with Crippen molar-refractivity contribution in [1.82, 2.24) is 5.32 Å². The van der Waals surface area contributed by atoms with Crippen LogP contribution in [-0.2, 0) is 0 Å². The SMILES string of the molecule is CN[CH]([Al])c1oc2ccccc2c1C.[H-].[Li+]. The van der Waals surface area contributed by atoms with Gasteiger partial charge in [-0.05, 0) is 30.5 Å². The molecule has 0 saturated heterocycles. The topological polar surface area (TPSA) is 25.2 Å². The van der Waals surface area contributed by atoms with E-state index in [1.54, 1.807) is 0 Å². The van der Waals surface area contributed by atoms with Crippen molar-refractivity contribution >= 4 is 27.3 Å². The van der Waals surface area contributed by atoms with Gasteiger partial charge in [-0.25, -0.2) is 0 Å². The molecule has 15 heavy (non-hydrogen) atoms. The molecule has 2 aromatic rings. The van der Waals surface area contributed by atoms with Gasteiger partial charge in [0.15, 0.2) is 16.3 Å². The van der Waals surface area contributed by atoms with E-state index < -0.39 is 0 Å². The molecule has 1 heterocycles. The number of fused-ring (bicyclic) bond motifs is 1. The summed E-state index contributed by atoms with van der Waals surface area (Å²) in [7, 11) is 1.92. The van der Waals surface area contributed by atoms with Crippen molar-refractivity contribution in [2.75, 3.05) is 7.05 Å². The summed E-state index contributed by atoms with van der Waals surface area (Å²) in [6.45, 7) is 2.09. The van der Waals surface area contributed by atoms with Crippen LogP contribution in [0.15, 0.2) is 28.7 Å². The maximum absolute atomic E-state index is 5.77. The number of hydrogen-bond acceptors (Lipinski definition) is 2. The molecule has 0 fully saturated rings. The van der Waals surface area contributed by atoms with Crippen LogP contribution in [0.5, 0.6) is 0 Å². The second-order valence-electron chi connectivity index (χ2n) is 3.35. The van der Waals surface area contributed by atoms with E-state index in [0.29, 0.717) is 0 Å². The molecule has 0 bridgehead atoms. The van der Waals surface area contributed by atoms with Gasteiger partial charge in [0.05, 0.1) is 0 Å². The first-order valence-corrected chi connectivity index (χ1v) is 5.31. The van der Waals surface area contributed by atoms with Gasteiger partial charge in [-0.2, -0.15) is 0 Å². The Bertz CT molecular complexity index is 460. The average Bonchev–Trinajstić information content (AvgIpc) is 2.56. The van der Waals surface area contributed by atoms with Gasteiger partial charge >= 0.3 is 18.9 Å². The van der Waals surface area contributed by atoms with Gasteiger partial charge in [0.2, 0.25) is 0 Å². The molecule has 2 radical (unpaired) electrons. The van der Waals surface area contributed by atoms with Crippen molar-refractivity contribution in [2.24, 2.45) is 0 Å². The molecular formula is C11H13AlLiNO. The van der Waals surface area contributed by atoms with E-state index in [0.717, 1.165) is 11.3 Å². The summed E-state index contributed by atoms with van der Waals surface area (Å²) in [4.78, 5) is 0.183. The first kappa shape index (κ1) is 12.9. The van der Waals surface area contributed by atoms with Crippen LogP contribution >= 0.6 is 0 Å². The molecule has 1 aromatic carbocycles. The fourth-order valence-corrected chi connectivity index (χ4v) is 1.94. The zero-order chi connectivity index (χ0) is 10.1. The standard InChI is InChI=1S/C11H12NO.Al.Li.H/c1-8-9-5-3-4-6-10(9)13-11(8)7-12-2;;;/h3-7,12H,1-2H3;;;/q;;+1;-1. The Morgan fingerprint density at radius 3 is 2.67 bits per heavy atom. The van der Waals surface area contributed by atoms with Crippen LogP contribution < -0.4 is 24.2 Å². The van der Waals surface area contributed by atoms with E-state index in [2.05, 4.69) is 34.6 Å². The Hall–Kier alpha value is -0.150. The van der Waals surface area contributed by atoms with E-state index >= 15 is 0 Å². The third kappa shape index (κ3) is 2.34. The first-order valence-electron chi connectivity index (χ1n) is 4.65. The van der Waals surface area contributed by atoms with E-state index in [1.165, 1.54) is 10.9 Å². The molecular weight excluding hydrogens is 196 g/mol. The Balaban J connectivity index is 0.00000112. The van der Waals surface area contributed by atoms with Crippen molar-refractivity contribution < 1.29 is 24.7 Å². The summed E-state index contributed by atoms with van der Waals surface area (Å²) in [6.07, 6.45) is 0. The number of benzene rings is 1. The van der Waals surface area contributed by atoms with Crippen LogP contribution in [0, 0.1) is 6.92 Å². The van der Waals surface area contributed by atoms with Gasteiger partial charge in [0.25, 0.3) is 0 Å². The molecule has 0 aliphatic rings. The molecule has 1 unspecified atom stereocenters. The van der Waals surface area contributed by atoms with Crippen LogP contribution in [0.4, 0.5) is 0 Å². The molecule has 2 rings (SSSR count). The van der Waals surface area contributed by atoms with Crippen molar-refractivity contribution in [2.45, 2.75) is 11.8 Å². The smallest absolute Gasteiger partial charge is 1.00 e. The molecule has 2 nitrogen and oxygen atoms in total. The zero-order valence-corrected chi connectivity index (χ0v) is 10.5. The average molecular weight is 209 g/mol. The molecule has 0 amide bonds. The Kier molecular flexibility index (Phi) is 4.53. The van der Waals surface area contributed by atoms with Gasteiger partial charge in [0, 0.05) is 5.39 Å². The molecule has 4 heteroatoms. The quantitative estimate of drug-likeness (QED) is 0.658. The molecule has 0 spiro atoms. The van der Waals surface area contributed by atoms with Crippen molar-refractivity contribution in [3.8, 4) is 0 Å². The summed E-state index contributed by atoms with van der Waals surface area (Å²) >= 11 is 2.73. The molecule has 0 aliphatic heterocycles. The van der Waals surface area contributed by atoms with Crippen LogP contribution in [-0.4, -0.2) is 23.3 Å². The third-order valence-electron chi connectivity index (χ3n) is 2.47. The van der Waals surface area contributed by atoms with Gasteiger partial charge in [0.1, 0.15) is 11.3 Å². The van der Waals surface area contributed by atoms with Gasteiger partial charge in [-0.3, -0.25) is 0 Å². The fraction of sp³-hybridized carbons (Fsp3) is 0.273. The molecule has 1 N–H and O–H groups in total. The molecule has 1 aromatic heterocycles. The molecule has 72 valence electrons. The maximum atomic E-state index is 5.77. The minimum Gasteiger partial charge on any atom is -1.00 e. The summed E-state index contributed by atoms with van der Waals surface area (Å²) < 4.78 is 5.77. The fourth-order valence-electron chi connectivity index (χ4n) is 1.62. The van der Waals surface area contributed by atoms with E-state index in [9.17, 15) is 0 Å². The third-order valence-corrected chi connectivity index (χ3v) is 3.11. The maximum Gasteiger partial charge on any atom is 1.00 e. The number of nitrogens with one attached hydrogen (secondary N) is 1. The van der Waals surface area contributed by atoms with Gasteiger partial charge in [-0.15, -0.1) is 0 Å². The van der Waals surface area contributed by atoms with Crippen LogP contribution in [0.25, 0.3) is 11.0 Å². The summed E-state index contributed by atoms with van der Waals surface area (Å²) in [5, 5.41) is 4.35.